The first kappa shape index (κ1) is 13.9. The number of carbonyl (C=O) groups excluding carboxylic acids is 2. The lowest BCUT2D eigenvalue weighted by Crippen LogP contribution is -2.54. The number of rotatable bonds is 1. The van der Waals surface area contributed by atoms with Gasteiger partial charge in [0, 0.05) is 19.1 Å². The van der Waals surface area contributed by atoms with Gasteiger partial charge in [-0.15, -0.1) is 0 Å². The Kier molecular flexibility index (Phi) is 3.71. The van der Waals surface area contributed by atoms with Gasteiger partial charge in [0.15, 0.2) is 0 Å². The highest BCUT2D eigenvalue weighted by Crippen LogP contribution is 2.33. The van der Waals surface area contributed by atoms with Crippen molar-refractivity contribution in [3.8, 4) is 0 Å². The molecule has 3 rings (SSSR count). The van der Waals surface area contributed by atoms with E-state index in [1.54, 1.807) is 0 Å². The molecule has 3 N–H and O–H groups in total. The molecule has 0 spiro atoms. The molecule has 2 aliphatic heterocycles. The molecule has 0 aromatic heterocycles. The fourth-order valence-corrected chi connectivity index (χ4v) is 4.13. The van der Waals surface area contributed by atoms with Gasteiger partial charge in [0.2, 0.25) is 11.8 Å². The highest BCUT2D eigenvalue weighted by atomic mass is 16.2. The van der Waals surface area contributed by atoms with Crippen molar-refractivity contribution >= 4 is 11.8 Å². The van der Waals surface area contributed by atoms with E-state index in [1.807, 2.05) is 4.90 Å². The maximum Gasteiger partial charge on any atom is 0.227 e. The summed E-state index contributed by atoms with van der Waals surface area (Å²) in [6.45, 7) is 3.60. The maximum atomic E-state index is 12.9. The van der Waals surface area contributed by atoms with Gasteiger partial charge in [-0.25, -0.2) is 0 Å². The van der Waals surface area contributed by atoms with Gasteiger partial charge in [-0.2, -0.15) is 0 Å². The molecule has 1 aliphatic carbocycles. The molecule has 0 radical (unpaired) electrons. The van der Waals surface area contributed by atoms with Gasteiger partial charge >= 0.3 is 0 Å². The van der Waals surface area contributed by atoms with Crippen LogP contribution in [0.2, 0.25) is 0 Å². The van der Waals surface area contributed by atoms with Crippen LogP contribution in [0.1, 0.15) is 39.0 Å². The second-order valence-corrected chi connectivity index (χ2v) is 6.78. The Hall–Kier alpha value is -1.10. The molecule has 5 unspecified atom stereocenters. The minimum atomic E-state index is -0.0480. The van der Waals surface area contributed by atoms with Crippen molar-refractivity contribution < 1.29 is 9.59 Å². The summed E-state index contributed by atoms with van der Waals surface area (Å²) < 4.78 is 0. The second kappa shape index (κ2) is 5.35. The average Bonchev–Trinajstić information content (AvgIpc) is 2.83. The van der Waals surface area contributed by atoms with E-state index in [0.717, 1.165) is 38.6 Å². The summed E-state index contributed by atoms with van der Waals surface area (Å²) in [7, 11) is 0. The molecule has 2 saturated heterocycles. The lowest BCUT2D eigenvalue weighted by atomic mass is 9.77. The zero-order valence-corrected chi connectivity index (χ0v) is 12.2. The van der Waals surface area contributed by atoms with Gasteiger partial charge in [-0.1, -0.05) is 6.92 Å². The first-order valence-electron chi connectivity index (χ1n) is 7.91. The molecular weight excluding hydrogens is 254 g/mol. The zero-order chi connectivity index (χ0) is 14.3. The number of nitrogens with one attached hydrogen (secondary N) is 1. The molecule has 0 aromatic rings. The van der Waals surface area contributed by atoms with Gasteiger partial charge in [0.25, 0.3) is 0 Å². The predicted octanol–water partition coefficient (Wildman–Crippen LogP) is 0.487. The molecule has 5 heteroatoms. The minimum Gasteiger partial charge on any atom is -0.354 e. The van der Waals surface area contributed by atoms with E-state index in [-0.39, 0.29) is 35.7 Å². The molecule has 112 valence electrons. The molecule has 20 heavy (non-hydrogen) atoms. The number of carbonyl (C=O) groups is 2. The van der Waals surface area contributed by atoms with E-state index in [0.29, 0.717) is 12.5 Å². The van der Waals surface area contributed by atoms with Crippen molar-refractivity contribution in [2.24, 2.45) is 23.5 Å². The van der Waals surface area contributed by atoms with Crippen molar-refractivity contribution in [1.82, 2.24) is 10.2 Å². The van der Waals surface area contributed by atoms with Crippen LogP contribution in [-0.4, -0.2) is 41.9 Å². The highest BCUT2D eigenvalue weighted by Gasteiger charge is 2.45. The zero-order valence-electron chi connectivity index (χ0n) is 12.2. The van der Waals surface area contributed by atoms with E-state index in [2.05, 4.69) is 12.2 Å². The molecule has 2 amide bonds. The fraction of sp³-hybridized carbons (Fsp3) is 0.867. The Balaban J connectivity index is 1.74. The summed E-state index contributed by atoms with van der Waals surface area (Å²) in [5, 5.41) is 2.91. The summed E-state index contributed by atoms with van der Waals surface area (Å²) in [6.07, 6.45) is 4.80. The summed E-state index contributed by atoms with van der Waals surface area (Å²) in [5.41, 5.74) is 6.18. The topological polar surface area (TPSA) is 75.4 Å². The smallest absolute Gasteiger partial charge is 0.227 e. The highest BCUT2D eigenvalue weighted by molar-refractivity contribution is 5.85. The van der Waals surface area contributed by atoms with Gasteiger partial charge in [0.05, 0.1) is 17.9 Å². The van der Waals surface area contributed by atoms with Gasteiger partial charge in [-0.05, 0) is 38.0 Å². The number of hydrogen-bond donors (Lipinski definition) is 2. The Labute approximate surface area is 120 Å². The fourth-order valence-electron chi connectivity index (χ4n) is 4.13. The predicted molar refractivity (Wildman–Crippen MR) is 75.7 cm³/mol. The average molecular weight is 279 g/mol. The van der Waals surface area contributed by atoms with Gasteiger partial charge < -0.3 is 16.0 Å². The third-order valence-corrected chi connectivity index (χ3v) is 5.37. The SMILES string of the molecule is CC1CCC(N)C(C(=O)N2CCCC3C(=O)NCC32)C1. The maximum absolute atomic E-state index is 12.9. The normalized spacial score (nSPS) is 41.2. The Morgan fingerprint density at radius 1 is 1.35 bits per heavy atom. The molecule has 5 nitrogen and oxygen atoms in total. The van der Waals surface area contributed by atoms with Crippen LogP contribution in [0.25, 0.3) is 0 Å². The number of fused-ring (bicyclic) bond motifs is 1. The third kappa shape index (κ3) is 2.32. The number of nitrogens with two attached hydrogens (primary N) is 1. The summed E-state index contributed by atoms with van der Waals surface area (Å²) in [6, 6.07) is 0.0531. The molecule has 3 fully saturated rings. The number of hydrogen-bond acceptors (Lipinski definition) is 3. The quantitative estimate of drug-likeness (QED) is 0.733. The van der Waals surface area contributed by atoms with E-state index in [9.17, 15) is 9.59 Å². The van der Waals surface area contributed by atoms with Crippen LogP contribution in [0.5, 0.6) is 0 Å². The van der Waals surface area contributed by atoms with E-state index >= 15 is 0 Å². The van der Waals surface area contributed by atoms with Crippen molar-refractivity contribution in [3.05, 3.63) is 0 Å². The van der Waals surface area contributed by atoms with Crippen molar-refractivity contribution in [1.29, 1.82) is 0 Å². The molecular formula is C15H25N3O2. The van der Waals surface area contributed by atoms with Gasteiger partial charge in [0.1, 0.15) is 0 Å². The van der Waals surface area contributed by atoms with Crippen molar-refractivity contribution in [2.45, 2.75) is 51.1 Å². The minimum absolute atomic E-state index is 0.00457. The molecule has 3 aliphatic rings. The molecule has 1 saturated carbocycles. The molecule has 0 bridgehead atoms. The van der Waals surface area contributed by atoms with Crippen LogP contribution >= 0.6 is 0 Å². The van der Waals surface area contributed by atoms with Crippen LogP contribution in [0.4, 0.5) is 0 Å². The number of amides is 2. The largest absolute Gasteiger partial charge is 0.354 e. The number of likely N-dealkylation sites (tertiary alicyclic amines) is 1. The van der Waals surface area contributed by atoms with Crippen LogP contribution in [0.15, 0.2) is 0 Å². The van der Waals surface area contributed by atoms with Crippen LogP contribution in [-0.2, 0) is 9.59 Å². The van der Waals surface area contributed by atoms with E-state index in [1.165, 1.54) is 0 Å². The van der Waals surface area contributed by atoms with Crippen LogP contribution < -0.4 is 11.1 Å². The lowest BCUT2D eigenvalue weighted by molar-refractivity contribution is -0.142. The van der Waals surface area contributed by atoms with Crippen LogP contribution in [0.3, 0.4) is 0 Å². The summed E-state index contributed by atoms with van der Waals surface area (Å²) in [4.78, 5) is 26.6. The van der Waals surface area contributed by atoms with Crippen molar-refractivity contribution in [2.75, 3.05) is 13.1 Å². The van der Waals surface area contributed by atoms with Crippen molar-refractivity contribution in [3.63, 3.8) is 0 Å². The lowest BCUT2D eigenvalue weighted by Gasteiger charge is -2.41. The monoisotopic (exact) mass is 279 g/mol. The Morgan fingerprint density at radius 3 is 2.95 bits per heavy atom. The van der Waals surface area contributed by atoms with Crippen LogP contribution in [0, 0.1) is 17.8 Å². The summed E-state index contributed by atoms with van der Waals surface area (Å²) >= 11 is 0. The molecule has 2 heterocycles. The number of piperidine rings is 1. The first-order chi connectivity index (χ1) is 9.58. The number of nitrogens with zero attached hydrogens (tertiary/aromatic N) is 1. The second-order valence-electron chi connectivity index (χ2n) is 6.78. The Morgan fingerprint density at radius 2 is 2.15 bits per heavy atom. The van der Waals surface area contributed by atoms with E-state index < -0.39 is 0 Å². The van der Waals surface area contributed by atoms with E-state index in [4.69, 9.17) is 5.73 Å². The standard InChI is InChI=1S/C15H25N3O2/c1-9-4-5-12(16)11(7-9)15(20)18-6-2-3-10-13(18)8-17-14(10)19/h9-13H,2-8,16H2,1H3,(H,17,19). The first-order valence-corrected chi connectivity index (χ1v) is 7.91. The summed E-state index contributed by atoms with van der Waals surface area (Å²) in [5.74, 6) is 0.842. The Bertz CT molecular complexity index is 412. The third-order valence-electron chi connectivity index (χ3n) is 5.37. The van der Waals surface area contributed by atoms with Gasteiger partial charge in [-0.3, -0.25) is 9.59 Å². The molecule has 5 atom stereocenters. The molecule has 0 aromatic carbocycles.